The Morgan fingerprint density at radius 1 is 0.900 bits per heavy atom. The van der Waals surface area contributed by atoms with Gasteiger partial charge in [-0.1, -0.05) is 30.3 Å². The second-order valence-corrected chi connectivity index (χ2v) is 7.25. The third-order valence-electron chi connectivity index (χ3n) is 5.40. The first kappa shape index (κ1) is 20.0. The standard InChI is InChI=1S/C22H20F3N3O2/c23-22(24,25)18-7-3-1-6-17(18)21(30)28-11-9-27(10-12-28)20(29)13-15-14-26-19-8-4-2-5-16(15)19/h1-8,14,26H,9-13H2. The molecular weight excluding hydrogens is 395 g/mol. The number of alkyl halides is 3. The van der Waals surface area contributed by atoms with Crippen LogP contribution in [0.2, 0.25) is 0 Å². The fourth-order valence-corrected chi connectivity index (χ4v) is 3.80. The van der Waals surface area contributed by atoms with Gasteiger partial charge in [0.05, 0.1) is 17.5 Å². The van der Waals surface area contributed by atoms with Gasteiger partial charge in [0, 0.05) is 43.3 Å². The number of nitrogens with one attached hydrogen (secondary N) is 1. The number of amides is 2. The Balaban J connectivity index is 1.40. The number of fused-ring (bicyclic) bond motifs is 1. The van der Waals surface area contributed by atoms with E-state index in [0.29, 0.717) is 13.1 Å². The molecule has 1 aliphatic heterocycles. The Bertz CT molecular complexity index is 1080. The second kappa shape index (κ2) is 7.85. The van der Waals surface area contributed by atoms with Crippen LogP contribution in [0.15, 0.2) is 54.7 Å². The van der Waals surface area contributed by atoms with E-state index < -0.39 is 17.6 Å². The van der Waals surface area contributed by atoms with Crippen molar-refractivity contribution in [2.45, 2.75) is 12.6 Å². The minimum absolute atomic E-state index is 0.0671. The average molecular weight is 415 g/mol. The van der Waals surface area contributed by atoms with Gasteiger partial charge in [-0.05, 0) is 23.8 Å². The molecule has 30 heavy (non-hydrogen) atoms. The van der Waals surface area contributed by atoms with Crippen LogP contribution in [-0.4, -0.2) is 52.8 Å². The summed E-state index contributed by atoms with van der Waals surface area (Å²) in [7, 11) is 0. The number of aromatic amines is 1. The van der Waals surface area contributed by atoms with Crippen molar-refractivity contribution in [3.05, 3.63) is 71.4 Å². The summed E-state index contributed by atoms with van der Waals surface area (Å²) in [5, 5.41) is 0.989. The van der Waals surface area contributed by atoms with E-state index in [1.165, 1.54) is 23.1 Å². The molecule has 5 nitrogen and oxygen atoms in total. The molecule has 3 aromatic rings. The van der Waals surface area contributed by atoms with Crippen molar-refractivity contribution in [3.8, 4) is 0 Å². The molecule has 156 valence electrons. The van der Waals surface area contributed by atoms with Crippen LogP contribution in [-0.2, 0) is 17.4 Å². The highest BCUT2D eigenvalue weighted by atomic mass is 19.4. The average Bonchev–Trinajstić information content (AvgIpc) is 3.15. The minimum Gasteiger partial charge on any atom is -0.361 e. The van der Waals surface area contributed by atoms with Crippen LogP contribution in [0, 0.1) is 0 Å². The van der Waals surface area contributed by atoms with E-state index in [2.05, 4.69) is 4.98 Å². The maximum absolute atomic E-state index is 13.2. The monoisotopic (exact) mass is 415 g/mol. The lowest BCUT2D eigenvalue weighted by molar-refractivity contribution is -0.138. The molecule has 0 unspecified atom stereocenters. The summed E-state index contributed by atoms with van der Waals surface area (Å²) >= 11 is 0. The third kappa shape index (κ3) is 3.90. The van der Waals surface area contributed by atoms with Gasteiger partial charge in [0.15, 0.2) is 0 Å². The van der Waals surface area contributed by atoms with E-state index in [1.54, 1.807) is 4.90 Å². The molecule has 2 heterocycles. The summed E-state index contributed by atoms with van der Waals surface area (Å²) < 4.78 is 39.6. The molecule has 1 saturated heterocycles. The number of H-pyrrole nitrogens is 1. The Morgan fingerprint density at radius 2 is 1.53 bits per heavy atom. The van der Waals surface area contributed by atoms with E-state index in [9.17, 15) is 22.8 Å². The fraction of sp³-hybridized carbons (Fsp3) is 0.273. The Morgan fingerprint density at radius 3 is 2.27 bits per heavy atom. The number of halogens is 3. The molecule has 1 N–H and O–H groups in total. The predicted octanol–water partition coefficient (Wildman–Crippen LogP) is 3.71. The van der Waals surface area contributed by atoms with Crippen molar-refractivity contribution in [2.24, 2.45) is 0 Å². The highest BCUT2D eigenvalue weighted by Crippen LogP contribution is 2.32. The van der Waals surface area contributed by atoms with E-state index in [4.69, 9.17) is 0 Å². The maximum Gasteiger partial charge on any atom is 0.417 e. The summed E-state index contributed by atoms with van der Waals surface area (Å²) in [4.78, 5) is 31.5. The Kier molecular flexibility index (Phi) is 5.24. The number of benzene rings is 2. The lowest BCUT2D eigenvalue weighted by Crippen LogP contribution is -2.51. The number of aromatic nitrogens is 1. The van der Waals surface area contributed by atoms with E-state index in [-0.39, 0.29) is 31.0 Å². The topological polar surface area (TPSA) is 56.4 Å². The zero-order valence-electron chi connectivity index (χ0n) is 16.1. The largest absolute Gasteiger partial charge is 0.417 e. The SMILES string of the molecule is O=C(Cc1c[nH]c2ccccc12)N1CCN(C(=O)c2ccccc2C(F)(F)F)CC1. The normalized spacial score (nSPS) is 14.9. The van der Waals surface area contributed by atoms with Crippen LogP contribution in [0.4, 0.5) is 13.2 Å². The van der Waals surface area contributed by atoms with Gasteiger partial charge in [0.1, 0.15) is 0 Å². The Hall–Kier alpha value is -3.29. The van der Waals surface area contributed by atoms with Gasteiger partial charge in [-0.2, -0.15) is 13.2 Å². The lowest BCUT2D eigenvalue weighted by atomic mass is 10.1. The number of piperazine rings is 1. The molecule has 0 atom stereocenters. The van der Waals surface area contributed by atoms with E-state index in [1.807, 2.05) is 30.5 Å². The van der Waals surface area contributed by atoms with Crippen LogP contribution < -0.4 is 0 Å². The van der Waals surface area contributed by atoms with Crippen molar-refractivity contribution in [1.82, 2.24) is 14.8 Å². The zero-order chi connectivity index (χ0) is 21.3. The number of carbonyl (C=O) groups is 2. The van der Waals surface area contributed by atoms with Gasteiger partial charge >= 0.3 is 6.18 Å². The molecule has 8 heteroatoms. The first-order valence-electron chi connectivity index (χ1n) is 9.63. The second-order valence-electron chi connectivity index (χ2n) is 7.25. The minimum atomic E-state index is -4.59. The molecule has 1 aromatic heterocycles. The number of carbonyl (C=O) groups excluding carboxylic acids is 2. The number of rotatable bonds is 3. The summed E-state index contributed by atoms with van der Waals surface area (Å²) in [5.74, 6) is -0.728. The number of nitrogens with zero attached hydrogens (tertiary/aromatic N) is 2. The fourth-order valence-electron chi connectivity index (χ4n) is 3.80. The smallest absolute Gasteiger partial charge is 0.361 e. The van der Waals surface area contributed by atoms with Crippen molar-refractivity contribution in [2.75, 3.05) is 26.2 Å². The number of para-hydroxylation sites is 1. The molecule has 0 radical (unpaired) electrons. The quantitative estimate of drug-likeness (QED) is 0.709. The van der Waals surface area contributed by atoms with Gasteiger partial charge in [0.25, 0.3) is 5.91 Å². The predicted molar refractivity (Wildman–Crippen MR) is 106 cm³/mol. The molecule has 2 aromatic carbocycles. The Labute approximate surface area is 171 Å². The van der Waals surface area contributed by atoms with Crippen LogP contribution in [0.1, 0.15) is 21.5 Å². The van der Waals surface area contributed by atoms with Gasteiger partial charge in [-0.15, -0.1) is 0 Å². The van der Waals surface area contributed by atoms with Gasteiger partial charge in [-0.25, -0.2) is 0 Å². The molecule has 4 rings (SSSR count). The van der Waals surface area contributed by atoms with E-state index >= 15 is 0 Å². The van der Waals surface area contributed by atoms with Crippen molar-refractivity contribution in [3.63, 3.8) is 0 Å². The van der Waals surface area contributed by atoms with Crippen LogP contribution >= 0.6 is 0 Å². The molecule has 0 saturated carbocycles. The molecule has 0 aliphatic carbocycles. The molecule has 1 aliphatic rings. The lowest BCUT2D eigenvalue weighted by Gasteiger charge is -2.35. The summed E-state index contributed by atoms with van der Waals surface area (Å²) in [6.45, 7) is 0.984. The highest BCUT2D eigenvalue weighted by Gasteiger charge is 2.36. The van der Waals surface area contributed by atoms with Crippen LogP contribution in [0.3, 0.4) is 0 Å². The molecular formula is C22H20F3N3O2. The first-order valence-corrected chi connectivity index (χ1v) is 9.63. The highest BCUT2D eigenvalue weighted by molar-refractivity contribution is 5.96. The van der Waals surface area contributed by atoms with Crippen LogP contribution in [0.5, 0.6) is 0 Å². The molecule has 0 spiro atoms. The first-order chi connectivity index (χ1) is 14.3. The van der Waals surface area contributed by atoms with Crippen molar-refractivity contribution >= 4 is 22.7 Å². The summed E-state index contributed by atoms with van der Waals surface area (Å²) in [5.41, 5.74) is 0.559. The van der Waals surface area contributed by atoms with Gasteiger partial charge in [-0.3, -0.25) is 9.59 Å². The van der Waals surface area contributed by atoms with E-state index in [0.717, 1.165) is 22.5 Å². The molecule has 1 fully saturated rings. The van der Waals surface area contributed by atoms with Crippen LogP contribution in [0.25, 0.3) is 10.9 Å². The van der Waals surface area contributed by atoms with Crippen molar-refractivity contribution < 1.29 is 22.8 Å². The third-order valence-corrected chi connectivity index (χ3v) is 5.40. The zero-order valence-corrected chi connectivity index (χ0v) is 16.1. The molecule has 2 amide bonds. The van der Waals surface area contributed by atoms with Gasteiger partial charge in [0.2, 0.25) is 5.91 Å². The molecule has 0 bridgehead atoms. The van der Waals surface area contributed by atoms with Gasteiger partial charge < -0.3 is 14.8 Å². The van der Waals surface area contributed by atoms with Crippen molar-refractivity contribution in [1.29, 1.82) is 0 Å². The number of hydrogen-bond acceptors (Lipinski definition) is 2. The maximum atomic E-state index is 13.2. The number of hydrogen-bond donors (Lipinski definition) is 1. The summed E-state index contributed by atoms with van der Waals surface area (Å²) in [6, 6.07) is 12.5. The summed E-state index contributed by atoms with van der Waals surface area (Å²) in [6.07, 6.45) is -2.55.